The van der Waals surface area contributed by atoms with E-state index in [0.29, 0.717) is 12.0 Å². The number of nitrogens with one attached hydrogen (secondary N) is 8. The van der Waals surface area contributed by atoms with Gasteiger partial charge in [-0.05, 0) is 81.2 Å². The minimum Gasteiger partial charge on any atom is -0.459 e. The molecule has 0 spiro atoms. The molecule has 0 aromatic heterocycles. The lowest BCUT2D eigenvalue weighted by Crippen LogP contribution is -2.60. The van der Waals surface area contributed by atoms with Crippen LogP contribution in [0.25, 0.3) is 0 Å². The Morgan fingerprint density at radius 2 is 0.769 bits per heavy atom. The maximum Gasteiger partial charge on any atom is 0.407 e. The fraction of sp³-hybridized carbons (Fsp3) is 0.394. The minimum atomic E-state index is -1.52. The minimum absolute atomic E-state index is 0.00224. The molecule has 25 heteroatoms. The summed E-state index contributed by atoms with van der Waals surface area (Å²) < 4.78 is 29.2. The quantitative estimate of drug-likeness (QED) is 0.0200. The summed E-state index contributed by atoms with van der Waals surface area (Å²) in [5.74, 6) is -7.56. The first-order valence-electron chi connectivity index (χ1n) is 30.0. The number of amides is 9. The number of carbonyl (C=O) groups excluding carboxylic acids is 10. The van der Waals surface area contributed by atoms with Crippen molar-refractivity contribution in [3.63, 3.8) is 0 Å². The Labute approximate surface area is 529 Å². The lowest BCUT2D eigenvalue weighted by atomic mass is 10.1. The van der Waals surface area contributed by atoms with Gasteiger partial charge in [0, 0.05) is 13.0 Å². The normalized spacial score (nSPS) is 13.9. The second kappa shape index (κ2) is 39.4. The number of alkyl carbamates (subject to hydrolysis) is 1. The molecule has 0 fully saturated rings. The summed E-state index contributed by atoms with van der Waals surface area (Å²) in [7, 11) is 0. The summed E-state index contributed by atoms with van der Waals surface area (Å²) in [5.41, 5.74) is 14.8. The second-order valence-electron chi connectivity index (χ2n) is 21.5. The van der Waals surface area contributed by atoms with Gasteiger partial charge >= 0.3 is 12.1 Å². The Balaban J connectivity index is 1.31. The summed E-state index contributed by atoms with van der Waals surface area (Å²) in [6, 6.07) is 36.9. The molecule has 0 aliphatic carbocycles. The number of esters is 1. The molecule has 12 N–H and O–H groups in total. The highest BCUT2D eigenvalue weighted by Crippen LogP contribution is 2.14. The lowest BCUT2D eigenvalue weighted by molar-refractivity contribution is -0.154. The highest BCUT2D eigenvalue weighted by molar-refractivity contribution is 5.96. The van der Waals surface area contributed by atoms with Gasteiger partial charge in [0.15, 0.2) is 6.04 Å². The number of hydrogen-bond acceptors (Lipinski definition) is 16. The van der Waals surface area contributed by atoms with E-state index in [1.54, 1.807) is 91.9 Å². The van der Waals surface area contributed by atoms with Crippen LogP contribution in [0, 0.1) is 0 Å². The maximum absolute atomic E-state index is 14.4. The molecule has 9 amide bonds. The fourth-order valence-electron chi connectivity index (χ4n) is 8.77. The number of rotatable bonds is 39. The van der Waals surface area contributed by atoms with Crippen LogP contribution in [0.4, 0.5) is 4.79 Å². The molecule has 488 valence electrons. The standard InChI is InChI=1S/C66H84N10O15/c1-43(67)60(80)73-53(33-34-54(68)77)62(82)75-58(45(3)88-39-48-24-12-6-13-25-48)64(84)71-37-56(79)74-57(44(2)87-38-47-22-10-5-11-23-47)63(83)70-36-55(78)72-52(32-20-21-35-69-66(86)91-42-51-30-18-9-19-31-51)61(81)76-59(46(4)89-40-49-26-14-7-15-27-49)65(85)90-41-50-28-16-8-17-29-50/h5-19,22-31,43-46,52-53,57-59H,20-21,32-42,67H2,1-4H3,(H2,68,77)(H,69,86)(H,70,83)(H,71,84)(H,72,78)(H,73,80)(H,74,79)(H,75,82)(H,76,81)/t43-,44+,45+,46+,52-,53-,57-,58-,59-/m0/s1. The molecule has 0 aliphatic rings. The monoisotopic (exact) mass is 1260 g/mol. The van der Waals surface area contributed by atoms with Crippen molar-refractivity contribution in [3.8, 4) is 0 Å². The molecule has 0 saturated carbocycles. The van der Waals surface area contributed by atoms with Crippen molar-refractivity contribution in [3.05, 3.63) is 179 Å². The lowest BCUT2D eigenvalue weighted by Gasteiger charge is -2.28. The summed E-state index contributed by atoms with van der Waals surface area (Å²) >= 11 is 0. The third-order valence-corrected chi connectivity index (χ3v) is 14.1. The summed E-state index contributed by atoms with van der Waals surface area (Å²) in [5, 5.41) is 20.6. The highest BCUT2D eigenvalue weighted by Gasteiger charge is 2.35. The zero-order valence-corrected chi connectivity index (χ0v) is 51.6. The maximum atomic E-state index is 14.4. The third kappa shape index (κ3) is 27.4. The van der Waals surface area contributed by atoms with Crippen LogP contribution in [0.15, 0.2) is 152 Å². The molecule has 5 rings (SSSR count). The molecule has 0 saturated heterocycles. The number of benzene rings is 5. The van der Waals surface area contributed by atoms with Crippen LogP contribution in [0.5, 0.6) is 0 Å². The second-order valence-corrected chi connectivity index (χ2v) is 21.5. The van der Waals surface area contributed by atoms with E-state index in [2.05, 4.69) is 42.5 Å². The number of ether oxygens (including phenoxy) is 5. The van der Waals surface area contributed by atoms with Crippen LogP contribution in [-0.2, 0) is 99.9 Å². The van der Waals surface area contributed by atoms with Crippen molar-refractivity contribution < 1.29 is 71.6 Å². The molecule has 91 heavy (non-hydrogen) atoms. The van der Waals surface area contributed by atoms with Crippen molar-refractivity contribution >= 4 is 59.3 Å². The van der Waals surface area contributed by atoms with Gasteiger partial charge in [0.1, 0.15) is 37.4 Å². The van der Waals surface area contributed by atoms with Crippen LogP contribution < -0.4 is 54.0 Å². The smallest absolute Gasteiger partial charge is 0.407 e. The number of carbonyl (C=O) groups is 10. The largest absolute Gasteiger partial charge is 0.459 e. The van der Waals surface area contributed by atoms with Gasteiger partial charge in [0.05, 0.1) is 57.3 Å². The zero-order valence-electron chi connectivity index (χ0n) is 51.6. The summed E-state index contributed by atoms with van der Waals surface area (Å²) in [6.45, 7) is 4.63. The molecule has 5 aromatic carbocycles. The van der Waals surface area contributed by atoms with Crippen LogP contribution in [0.1, 0.15) is 87.6 Å². The molecular formula is C66H84N10O15. The molecule has 25 nitrogen and oxygen atoms in total. The van der Waals surface area contributed by atoms with Crippen molar-refractivity contribution in [2.45, 2.75) is 147 Å². The van der Waals surface area contributed by atoms with Gasteiger partial charge in [-0.25, -0.2) is 9.59 Å². The van der Waals surface area contributed by atoms with E-state index in [1.807, 2.05) is 66.7 Å². The van der Waals surface area contributed by atoms with Gasteiger partial charge in [-0.1, -0.05) is 152 Å². The van der Waals surface area contributed by atoms with Gasteiger partial charge in [0.25, 0.3) is 0 Å². The predicted molar refractivity (Wildman–Crippen MR) is 335 cm³/mol. The predicted octanol–water partition coefficient (Wildman–Crippen LogP) is 2.91. The van der Waals surface area contributed by atoms with Gasteiger partial charge in [0.2, 0.25) is 47.3 Å². The van der Waals surface area contributed by atoms with Crippen molar-refractivity contribution in [2.24, 2.45) is 11.5 Å². The Morgan fingerprint density at radius 3 is 1.20 bits per heavy atom. The molecular weight excluding hydrogens is 1170 g/mol. The van der Waals surface area contributed by atoms with Gasteiger partial charge in [-0.15, -0.1) is 0 Å². The molecule has 0 radical (unpaired) electrons. The Kier molecular flexibility index (Phi) is 31.3. The van der Waals surface area contributed by atoms with Crippen LogP contribution in [0.3, 0.4) is 0 Å². The fourth-order valence-corrected chi connectivity index (χ4v) is 8.77. The van der Waals surface area contributed by atoms with Gasteiger partial charge in [-0.2, -0.15) is 0 Å². The first-order chi connectivity index (χ1) is 43.8. The number of hydrogen-bond donors (Lipinski definition) is 10. The molecule has 0 aliphatic heterocycles. The van der Waals surface area contributed by atoms with Gasteiger partial charge < -0.3 is 77.7 Å². The van der Waals surface area contributed by atoms with Crippen molar-refractivity contribution in [1.82, 2.24) is 42.5 Å². The van der Waals surface area contributed by atoms with Crippen LogP contribution in [0.2, 0.25) is 0 Å². The Bertz CT molecular complexity index is 3100. The molecule has 0 bridgehead atoms. The summed E-state index contributed by atoms with van der Waals surface area (Å²) in [4.78, 5) is 135. The Morgan fingerprint density at radius 1 is 0.396 bits per heavy atom. The first-order valence-corrected chi connectivity index (χ1v) is 30.0. The topological polar surface area (TPSA) is 365 Å². The number of unbranched alkanes of at least 4 members (excludes halogenated alkanes) is 1. The van der Waals surface area contributed by atoms with E-state index in [0.717, 1.165) is 22.3 Å². The van der Waals surface area contributed by atoms with Crippen LogP contribution in [-0.4, -0.2) is 134 Å². The Hall–Kier alpha value is -9.56. The van der Waals surface area contributed by atoms with E-state index in [9.17, 15) is 47.9 Å². The third-order valence-electron chi connectivity index (χ3n) is 14.1. The van der Waals surface area contributed by atoms with E-state index in [4.69, 9.17) is 35.2 Å². The van der Waals surface area contributed by atoms with Gasteiger partial charge in [-0.3, -0.25) is 38.4 Å². The molecule has 0 heterocycles. The van der Waals surface area contributed by atoms with Crippen LogP contribution >= 0.6 is 0 Å². The number of primary amides is 1. The molecule has 9 atom stereocenters. The highest BCUT2D eigenvalue weighted by atomic mass is 16.6. The average Bonchev–Trinajstić information content (AvgIpc) is 2.68. The molecule has 0 unspecified atom stereocenters. The number of nitrogens with two attached hydrogens (primary N) is 2. The van der Waals surface area contributed by atoms with Crippen molar-refractivity contribution in [2.75, 3.05) is 19.6 Å². The first kappa shape index (κ1) is 72.2. The van der Waals surface area contributed by atoms with E-state index >= 15 is 0 Å². The van der Waals surface area contributed by atoms with E-state index < -0.39 is 127 Å². The SMILES string of the molecule is C[C@H](N)C(=O)N[C@@H](CCC(N)=O)C(=O)N[C@H](C(=O)NCC(=O)N[C@H](C(=O)NCC(=O)N[C@@H](CCCCNC(=O)OCc1ccccc1)C(=O)N[C@H](C(=O)OCc1ccccc1)[C@@H](C)OCc1ccccc1)[C@@H](C)OCc1ccccc1)[C@@H](C)OCc1ccccc1. The average molecular weight is 1260 g/mol. The zero-order chi connectivity index (χ0) is 65.9. The molecule has 5 aromatic rings. The van der Waals surface area contributed by atoms with Crippen molar-refractivity contribution in [1.29, 1.82) is 0 Å². The summed E-state index contributed by atoms with van der Waals surface area (Å²) in [6.07, 6.45) is -3.77. The van der Waals surface area contributed by atoms with E-state index in [-0.39, 0.29) is 65.3 Å². The van der Waals surface area contributed by atoms with E-state index in [1.165, 1.54) is 20.8 Å².